The first-order valence-electron chi connectivity index (χ1n) is 4.09. The molecule has 0 spiro atoms. The SMILES string of the molecule is CNCCCOc1cnn(C)c1. The van der Waals surface area contributed by atoms with Crippen molar-refractivity contribution in [1.29, 1.82) is 0 Å². The van der Waals surface area contributed by atoms with Gasteiger partial charge < -0.3 is 10.1 Å². The third-order valence-corrected chi connectivity index (χ3v) is 1.52. The van der Waals surface area contributed by atoms with E-state index in [1.165, 1.54) is 0 Å². The van der Waals surface area contributed by atoms with Gasteiger partial charge in [0.25, 0.3) is 0 Å². The van der Waals surface area contributed by atoms with E-state index in [9.17, 15) is 0 Å². The highest BCUT2D eigenvalue weighted by Gasteiger charge is 1.94. The van der Waals surface area contributed by atoms with E-state index < -0.39 is 0 Å². The molecule has 0 radical (unpaired) electrons. The van der Waals surface area contributed by atoms with Crippen LogP contribution >= 0.6 is 0 Å². The van der Waals surface area contributed by atoms with E-state index in [0.29, 0.717) is 0 Å². The summed E-state index contributed by atoms with van der Waals surface area (Å²) in [5, 5.41) is 7.05. The third-order valence-electron chi connectivity index (χ3n) is 1.52. The van der Waals surface area contributed by atoms with Gasteiger partial charge >= 0.3 is 0 Å². The summed E-state index contributed by atoms with van der Waals surface area (Å²) in [4.78, 5) is 0. The maximum Gasteiger partial charge on any atom is 0.157 e. The topological polar surface area (TPSA) is 39.1 Å². The lowest BCUT2D eigenvalue weighted by Gasteiger charge is -2.01. The van der Waals surface area contributed by atoms with Gasteiger partial charge in [0.05, 0.1) is 19.0 Å². The molecule has 0 aliphatic rings. The number of aryl methyl sites for hydroxylation is 1. The van der Waals surface area contributed by atoms with Crippen LogP contribution in [0.2, 0.25) is 0 Å². The van der Waals surface area contributed by atoms with Gasteiger partial charge in [-0.1, -0.05) is 0 Å². The summed E-state index contributed by atoms with van der Waals surface area (Å²) in [5.74, 6) is 0.841. The number of nitrogens with one attached hydrogen (secondary N) is 1. The summed E-state index contributed by atoms with van der Waals surface area (Å²) in [6.45, 7) is 1.73. The Hall–Kier alpha value is -1.03. The zero-order valence-electron chi connectivity index (χ0n) is 7.58. The van der Waals surface area contributed by atoms with Gasteiger partial charge in [0.15, 0.2) is 5.75 Å². The summed E-state index contributed by atoms with van der Waals surface area (Å²) in [5.41, 5.74) is 0. The van der Waals surface area contributed by atoms with E-state index in [2.05, 4.69) is 10.4 Å². The molecular weight excluding hydrogens is 154 g/mol. The second-order valence-electron chi connectivity index (χ2n) is 2.66. The van der Waals surface area contributed by atoms with Crippen molar-refractivity contribution in [1.82, 2.24) is 15.1 Å². The molecule has 1 heterocycles. The summed E-state index contributed by atoms with van der Waals surface area (Å²) in [7, 11) is 3.81. The van der Waals surface area contributed by atoms with E-state index in [4.69, 9.17) is 4.74 Å². The zero-order valence-corrected chi connectivity index (χ0v) is 7.58. The Morgan fingerprint density at radius 1 is 1.67 bits per heavy atom. The molecule has 0 aromatic carbocycles. The van der Waals surface area contributed by atoms with Crippen molar-refractivity contribution in [2.24, 2.45) is 7.05 Å². The average molecular weight is 169 g/mol. The van der Waals surface area contributed by atoms with E-state index in [1.807, 2.05) is 20.3 Å². The number of aromatic nitrogens is 2. The van der Waals surface area contributed by atoms with Crippen molar-refractivity contribution in [2.45, 2.75) is 6.42 Å². The Balaban J connectivity index is 2.15. The standard InChI is InChI=1S/C8H15N3O/c1-9-4-3-5-12-8-6-10-11(2)7-8/h6-7,9H,3-5H2,1-2H3. The molecule has 0 unspecified atom stereocenters. The number of ether oxygens (including phenoxy) is 1. The second kappa shape index (κ2) is 4.77. The van der Waals surface area contributed by atoms with E-state index in [1.54, 1.807) is 10.9 Å². The molecule has 0 atom stereocenters. The van der Waals surface area contributed by atoms with E-state index in [0.717, 1.165) is 25.3 Å². The molecule has 12 heavy (non-hydrogen) atoms. The number of rotatable bonds is 5. The molecule has 0 saturated heterocycles. The van der Waals surface area contributed by atoms with Crippen LogP contribution in [0.1, 0.15) is 6.42 Å². The Kier molecular flexibility index (Phi) is 3.60. The molecular formula is C8H15N3O. The highest BCUT2D eigenvalue weighted by molar-refractivity contribution is 5.10. The molecule has 0 aliphatic carbocycles. The molecule has 0 aliphatic heterocycles. The van der Waals surface area contributed by atoms with Gasteiger partial charge in [0.1, 0.15) is 0 Å². The fourth-order valence-electron chi connectivity index (χ4n) is 0.912. The lowest BCUT2D eigenvalue weighted by atomic mass is 10.4. The minimum atomic E-state index is 0.743. The zero-order chi connectivity index (χ0) is 8.81. The van der Waals surface area contributed by atoms with Gasteiger partial charge in [-0.3, -0.25) is 4.68 Å². The van der Waals surface area contributed by atoms with Crippen LogP contribution in [0.15, 0.2) is 12.4 Å². The van der Waals surface area contributed by atoms with Gasteiger partial charge in [-0.2, -0.15) is 5.10 Å². The van der Waals surface area contributed by atoms with Gasteiger partial charge in [0.2, 0.25) is 0 Å². The van der Waals surface area contributed by atoms with Crippen molar-refractivity contribution in [3.05, 3.63) is 12.4 Å². The van der Waals surface area contributed by atoms with E-state index in [-0.39, 0.29) is 0 Å². The molecule has 0 fully saturated rings. The number of nitrogens with zero attached hydrogens (tertiary/aromatic N) is 2. The Bertz CT molecular complexity index is 222. The average Bonchev–Trinajstić information content (AvgIpc) is 2.45. The fraction of sp³-hybridized carbons (Fsp3) is 0.625. The summed E-state index contributed by atoms with van der Waals surface area (Å²) >= 11 is 0. The number of hydrogen-bond acceptors (Lipinski definition) is 3. The van der Waals surface area contributed by atoms with Crippen LogP contribution in [0.25, 0.3) is 0 Å². The van der Waals surface area contributed by atoms with Crippen LogP contribution < -0.4 is 10.1 Å². The molecule has 1 aromatic rings. The summed E-state index contributed by atoms with van der Waals surface area (Å²) in [6, 6.07) is 0. The molecule has 68 valence electrons. The van der Waals surface area contributed by atoms with Gasteiger partial charge in [-0.05, 0) is 20.0 Å². The minimum absolute atomic E-state index is 0.743. The van der Waals surface area contributed by atoms with Crippen molar-refractivity contribution < 1.29 is 4.74 Å². The maximum atomic E-state index is 5.41. The van der Waals surface area contributed by atoms with Crippen molar-refractivity contribution in [3.63, 3.8) is 0 Å². The second-order valence-corrected chi connectivity index (χ2v) is 2.66. The van der Waals surface area contributed by atoms with Crippen LogP contribution in [0.5, 0.6) is 5.75 Å². The molecule has 1 aromatic heterocycles. The Labute approximate surface area is 72.5 Å². The predicted octanol–water partition coefficient (Wildman–Crippen LogP) is 0.408. The lowest BCUT2D eigenvalue weighted by Crippen LogP contribution is -2.11. The third kappa shape index (κ3) is 2.92. The van der Waals surface area contributed by atoms with Crippen LogP contribution in [-0.2, 0) is 7.05 Å². The number of hydrogen-bond donors (Lipinski definition) is 1. The van der Waals surface area contributed by atoms with Crippen LogP contribution in [-0.4, -0.2) is 30.0 Å². The van der Waals surface area contributed by atoms with Gasteiger partial charge in [0, 0.05) is 7.05 Å². The van der Waals surface area contributed by atoms with Crippen LogP contribution in [0.3, 0.4) is 0 Å². The predicted molar refractivity (Wildman–Crippen MR) is 47.2 cm³/mol. The largest absolute Gasteiger partial charge is 0.490 e. The molecule has 1 N–H and O–H groups in total. The Morgan fingerprint density at radius 2 is 2.50 bits per heavy atom. The molecule has 0 bridgehead atoms. The molecule has 4 nitrogen and oxygen atoms in total. The highest BCUT2D eigenvalue weighted by Crippen LogP contribution is 2.06. The van der Waals surface area contributed by atoms with E-state index >= 15 is 0 Å². The molecule has 1 rings (SSSR count). The highest BCUT2D eigenvalue weighted by atomic mass is 16.5. The first kappa shape index (κ1) is 9.06. The fourth-order valence-corrected chi connectivity index (χ4v) is 0.912. The maximum absolute atomic E-state index is 5.41. The summed E-state index contributed by atoms with van der Waals surface area (Å²) < 4.78 is 7.14. The van der Waals surface area contributed by atoms with Gasteiger partial charge in [-0.15, -0.1) is 0 Å². The monoisotopic (exact) mass is 169 g/mol. The van der Waals surface area contributed by atoms with Crippen LogP contribution in [0.4, 0.5) is 0 Å². The van der Waals surface area contributed by atoms with Crippen LogP contribution in [0, 0.1) is 0 Å². The van der Waals surface area contributed by atoms with Gasteiger partial charge in [-0.25, -0.2) is 0 Å². The smallest absolute Gasteiger partial charge is 0.157 e. The van der Waals surface area contributed by atoms with Crippen molar-refractivity contribution >= 4 is 0 Å². The molecule has 0 amide bonds. The normalized spacial score (nSPS) is 10.2. The first-order chi connectivity index (χ1) is 5.83. The van der Waals surface area contributed by atoms with Crippen molar-refractivity contribution in [3.8, 4) is 5.75 Å². The molecule has 4 heteroatoms. The lowest BCUT2D eigenvalue weighted by molar-refractivity contribution is 0.309. The van der Waals surface area contributed by atoms with Crippen molar-refractivity contribution in [2.75, 3.05) is 20.2 Å². The Morgan fingerprint density at radius 3 is 3.08 bits per heavy atom. The first-order valence-corrected chi connectivity index (χ1v) is 4.09. The quantitative estimate of drug-likeness (QED) is 0.649. The molecule has 0 saturated carbocycles. The summed E-state index contributed by atoms with van der Waals surface area (Å²) in [6.07, 6.45) is 4.60. The minimum Gasteiger partial charge on any atom is -0.490 e.